The van der Waals surface area contributed by atoms with Crippen molar-refractivity contribution >= 4 is 16.9 Å². The number of aliphatic imine (C=N–C) groups is 1. The molecule has 3 nitrogen and oxygen atoms in total. The van der Waals surface area contributed by atoms with Gasteiger partial charge in [-0.25, -0.2) is 0 Å². The van der Waals surface area contributed by atoms with Crippen molar-refractivity contribution in [2.24, 2.45) is 4.99 Å². The van der Waals surface area contributed by atoms with Crippen LogP contribution in [-0.2, 0) is 6.54 Å². The summed E-state index contributed by atoms with van der Waals surface area (Å²) in [5.41, 5.74) is 0.348. The summed E-state index contributed by atoms with van der Waals surface area (Å²) in [4.78, 5) is 4.63. The molecule has 2 heterocycles. The molecule has 0 atom stereocenters. The van der Waals surface area contributed by atoms with Gasteiger partial charge >= 0.3 is 0 Å². The molecule has 0 bridgehead atoms. The minimum Gasteiger partial charge on any atom is -0.464 e. The van der Waals surface area contributed by atoms with Gasteiger partial charge in [0.1, 0.15) is 11.5 Å². The zero-order valence-corrected chi connectivity index (χ0v) is 11.7. The van der Waals surface area contributed by atoms with Gasteiger partial charge in [-0.3, -0.25) is 4.99 Å². The molecular weight excluding hydrogens is 244 g/mol. The number of nitrogens with zero attached hydrogens (tertiary/aromatic N) is 1. The van der Waals surface area contributed by atoms with E-state index in [2.05, 4.69) is 10.3 Å². The maximum absolute atomic E-state index is 5.54. The number of hydrogen-bond donors (Lipinski definition) is 1. The van der Waals surface area contributed by atoms with E-state index >= 15 is 0 Å². The van der Waals surface area contributed by atoms with Crippen LogP contribution < -0.4 is 5.32 Å². The van der Waals surface area contributed by atoms with Crippen molar-refractivity contribution in [2.75, 3.05) is 5.75 Å². The number of aryl methyl sites for hydroxylation is 1. The first kappa shape index (κ1) is 12.2. The molecule has 1 spiro atoms. The summed E-state index contributed by atoms with van der Waals surface area (Å²) < 4.78 is 5.54. The molecule has 98 valence electrons. The lowest BCUT2D eigenvalue weighted by Crippen LogP contribution is -2.45. The molecule has 18 heavy (non-hydrogen) atoms. The van der Waals surface area contributed by atoms with Crippen molar-refractivity contribution in [3.05, 3.63) is 23.7 Å². The van der Waals surface area contributed by atoms with Crippen LogP contribution >= 0.6 is 11.8 Å². The summed E-state index contributed by atoms with van der Waals surface area (Å²) >= 11 is 1.87. The van der Waals surface area contributed by atoms with Crippen LogP contribution in [0.15, 0.2) is 21.5 Å². The molecule has 2 fully saturated rings. The fraction of sp³-hybridized carbons (Fsp3) is 0.643. The lowest BCUT2D eigenvalue weighted by Gasteiger charge is -2.32. The first-order valence-electron chi connectivity index (χ1n) is 6.77. The van der Waals surface area contributed by atoms with E-state index in [-0.39, 0.29) is 0 Å². The summed E-state index contributed by atoms with van der Waals surface area (Å²) in [5.74, 6) is 3.09. The number of thioether (sulfide) groups is 1. The topological polar surface area (TPSA) is 37.5 Å². The minimum atomic E-state index is 0.348. The second kappa shape index (κ2) is 5.00. The van der Waals surface area contributed by atoms with Gasteiger partial charge in [-0.1, -0.05) is 31.0 Å². The van der Waals surface area contributed by atoms with Crippen LogP contribution in [0.25, 0.3) is 0 Å². The third-order valence-electron chi connectivity index (χ3n) is 3.84. The zero-order chi connectivity index (χ0) is 12.4. The number of rotatable bonds is 2. The number of nitrogens with one attached hydrogen (secondary N) is 1. The molecule has 1 saturated heterocycles. The van der Waals surface area contributed by atoms with Crippen molar-refractivity contribution in [1.29, 1.82) is 0 Å². The van der Waals surface area contributed by atoms with Crippen molar-refractivity contribution in [1.82, 2.24) is 5.32 Å². The minimum absolute atomic E-state index is 0.348. The van der Waals surface area contributed by atoms with Gasteiger partial charge in [0, 0.05) is 11.3 Å². The summed E-state index contributed by atoms with van der Waals surface area (Å²) in [7, 11) is 0. The molecule has 4 heteroatoms. The Morgan fingerprint density at radius 2 is 2.17 bits per heavy atom. The van der Waals surface area contributed by atoms with Crippen molar-refractivity contribution in [3.8, 4) is 0 Å². The Balaban J connectivity index is 1.61. The normalized spacial score (nSPS) is 24.6. The van der Waals surface area contributed by atoms with Crippen LogP contribution in [0.4, 0.5) is 0 Å². The molecule has 1 N–H and O–H groups in total. The van der Waals surface area contributed by atoms with Gasteiger partial charge in [0.05, 0.1) is 6.54 Å². The molecule has 1 aliphatic carbocycles. The number of amidine groups is 1. The Morgan fingerprint density at radius 1 is 1.33 bits per heavy atom. The molecule has 2 aliphatic rings. The lowest BCUT2D eigenvalue weighted by atomic mass is 9.83. The predicted octanol–water partition coefficient (Wildman–Crippen LogP) is 3.48. The van der Waals surface area contributed by atoms with Gasteiger partial charge in [-0.2, -0.15) is 0 Å². The highest BCUT2D eigenvalue weighted by atomic mass is 32.2. The Kier molecular flexibility index (Phi) is 3.37. The second-order valence-corrected chi connectivity index (χ2v) is 6.35. The maximum atomic E-state index is 5.54. The molecule has 1 saturated carbocycles. The summed E-state index contributed by atoms with van der Waals surface area (Å²) in [6, 6.07) is 4.00. The van der Waals surface area contributed by atoms with Gasteiger partial charge < -0.3 is 9.73 Å². The Morgan fingerprint density at radius 3 is 2.89 bits per heavy atom. The van der Waals surface area contributed by atoms with E-state index in [1.165, 1.54) is 37.9 Å². The van der Waals surface area contributed by atoms with Crippen molar-refractivity contribution < 1.29 is 4.42 Å². The van der Waals surface area contributed by atoms with E-state index in [1.54, 1.807) is 0 Å². The highest BCUT2D eigenvalue weighted by Gasteiger charge is 2.37. The predicted molar refractivity (Wildman–Crippen MR) is 76.0 cm³/mol. The van der Waals surface area contributed by atoms with Crippen LogP contribution in [0, 0.1) is 6.92 Å². The molecule has 0 aromatic carbocycles. The summed E-state index contributed by atoms with van der Waals surface area (Å²) in [6.07, 6.45) is 6.72. The molecule has 0 amide bonds. The average Bonchev–Trinajstić information content (AvgIpc) is 2.96. The summed E-state index contributed by atoms with van der Waals surface area (Å²) in [5, 5.41) is 4.76. The second-order valence-electron chi connectivity index (χ2n) is 5.39. The molecular formula is C14H20N2OS. The molecule has 0 radical (unpaired) electrons. The Bertz CT molecular complexity index is 446. The smallest absolute Gasteiger partial charge is 0.157 e. The zero-order valence-electron chi connectivity index (χ0n) is 10.9. The summed E-state index contributed by atoms with van der Waals surface area (Å²) in [6.45, 7) is 2.62. The molecule has 3 rings (SSSR count). The van der Waals surface area contributed by atoms with Gasteiger partial charge in [-0.15, -0.1) is 0 Å². The first-order valence-corrected chi connectivity index (χ1v) is 7.75. The van der Waals surface area contributed by atoms with E-state index in [4.69, 9.17) is 4.42 Å². The van der Waals surface area contributed by atoms with E-state index < -0.39 is 0 Å². The van der Waals surface area contributed by atoms with Crippen LogP contribution in [0.5, 0.6) is 0 Å². The van der Waals surface area contributed by atoms with Gasteiger partial charge in [0.25, 0.3) is 0 Å². The Labute approximate surface area is 112 Å². The maximum Gasteiger partial charge on any atom is 0.157 e. The quantitative estimate of drug-likeness (QED) is 0.888. The number of furan rings is 1. The largest absolute Gasteiger partial charge is 0.464 e. The first-order chi connectivity index (χ1) is 8.76. The van der Waals surface area contributed by atoms with Gasteiger partial charge in [-0.05, 0) is 31.9 Å². The van der Waals surface area contributed by atoms with Crippen LogP contribution in [0.3, 0.4) is 0 Å². The van der Waals surface area contributed by atoms with Crippen LogP contribution in [0.2, 0.25) is 0 Å². The molecule has 1 aromatic rings. The third kappa shape index (κ3) is 2.58. The fourth-order valence-electron chi connectivity index (χ4n) is 2.81. The van der Waals surface area contributed by atoms with E-state index in [0.29, 0.717) is 12.1 Å². The fourth-order valence-corrected chi connectivity index (χ4v) is 4.03. The number of hydrogen-bond acceptors (Lipinski definition) is 3. The molecule has 1 aromatic heterocycles. The van der Waals surface area contributed by atoms with E-state index in [1.807, 2.05) is 30.8 Å². The average molecular weight is 264 g/mol. The standard InChI is InChI=1S/C14H20N2OS/c1-11-5-6-12(17-11)9-15-13-16-14(10-18-13)7-3-2-4-8-14/h5-6H,2-4,7-10H2,1H3,(H,15,16). The van der Waals surface area contributed by atoms with Gasteiger partial charge in [0.2, 0.25) is 0 Å². The third-order valence-corrected chi connectivity index (χ3v) is 5.04. The van der Waals surface area contributed by atoms with E-state index in [0.717, 1.165) is 16.7 Å². The highest BCUT2D eigenvalue weighted by molar-refractivity contribution is 8.14. The lowest BCUT2D eigenvalue weighted by molar-refractivity contribution is 0.303. The van der Waals surface area contributed by atoms with Crippen molar-refractivity contribution in [2.45, 2.75) is 51.1 Å². The van der Waals surface area contributed by atoms with Crippen LogP contribution in [0.1, 0.15) is 43.6 Å². The highest BCUT2D eigenvalue weighted by Crippen LogP contribution is 2.36. The van der Waals surface area contributed by atoms with Crippen LogP contribution in [-0.4, -0.2) is 16.5 Å². The monoisotopic (exact) mass is 264 g/mol. The van der Waals surface area contributed by atoms with Crippen molar-refractivity contribution in [3.63, 3.8) is 0 Å². The molecule has 0 unspecified atom stereocenters. The van der Waals surface area contributed by atoms with Gasteiger partial charge in [0.15, 0.2) is 5.17 Å². The SMILES string of the molecule is Cc1ccc(CN=C2NC3(CCCCC3)CS2)o1. The Hall–Kier alpha value is -0.900. The molecule has 1 aliphatic heterocycles. The van der Waals surface area contributed by atoms with E-state index in [9.17, 15) is 0 Å².